The molecule has 0 heterocycles. The van der Waals surface area contributed by atoms with Gasteiger partial charge in [-0.05, 0) is 39.8 Å². The minimum atomic E-state index is 0.478. The van der Waals surface area contributed by atoms with Crippen molar-refractivity contribution in [3.63, 3.8) is 0 Å². The van der Waals surface area contributed by atoms with E-state index in [0.29, 0.717) is 12.1 Å². The van der Waals surface area contributed by atoms with E-state index in [1.54, 1.807) is 0 Å². The number of hydrogen-bond donors (Lipinski definition) is 4. The topological polar surface area (TPSA) is 76.1 Å². The summed E-state index contributed by atoms with van der Waals surface area (Å²) in [5, 5.41) is 6.91. The van der Waals surface area contributed by atoms with Crippen molar-refractivity contribution in [1.82, 2.24) is 10.6 Å². The SMILES string of the molecule is CCCCCCCCCCCCCCCCCCNC(C)CN.CCCCCCCCCCCCCCCCCCNC(C)CN. The summed E-state index contributed by atoms with van der Waals surface area (Å²) in [7, 11) is 0. The van der Waals surface area contributed by atoms with Gasteiger partial charge in [0, 0.05) is 25.2 Å². The largest absolute Gasteiger partial charge is 0.329 e. The van der Waals surface area contributed by atoms with Crippen molar-refractivity contribution in [3.05, 3.63) is 0 Å². The molecule has 6 N–H and O–H groups in total. The lowest BCUT2D eigenvalue weighted by atomic mass is 10.0. The van der Waals surface area contributed by atoms with Gasteiger partial charge in [-0.2, -0.15) is 0 Å². The van der Waals surface area contributed by atoms with Gasteiger partial charge in [0.05, 0.1) is 0 Å². The van der Waals surface area contributed by atoms with Crippen molar-refractivity contribution in [3.8, 4) is 0 Å². The average molecular weight is 653 g/mol. The Hall–Kier alpha value is -0.160. The molecule has 0 fully saturated rings. The van der Waals surface area contributed by atoms with Crippen molar-refractivity contribution in [2.75, 3.05) is 26.2 Å². The molecule has 0 amide bonds. The molecule has 0 aliphatic heterocycles. The second kappa shape index (κ2) is 44.8. The molecule has 0 rings (SSSR count). The fourth-order valence-corrected chi connectivity index (χ4v) is 6.21. The van der Waals surface area contributed by atoms with Crippen LogP contribution in [0.5, 0.6) is 0 Å². The lowest BCUT2D eigenvalue weighted by Crippen LogP contribution is -2.33. The fourth-order valence-electron chi connectivity index (χ4n) is 6.21. The number of unbranched alkanes of at least 4 members (excludes halogenated alkanes) is 30. The maximum absolute atomic E-state index is 5.58. The molecule has 0 saturated carbocycles. The Balaban J connectivity index is 0. The first-order valence-electron chi connectivity index (χ1n) is 21.5. The van der Waals surface area contributed by atoms with Crippen LogP contribution in [-0.4, -0.2) is 38.3 Å². The zero-order valence-corrected chi connectivity index (χ0v) is 32.8. The smallest absolute Gasteiger partial charge is 0.0161 e. The number of nitrogens with two attached hydrogens (primary N) is 2. The lowest BCUT2D eigenvalue weighted by molar-refractivity contribution is 0.507. The molecule has 46 heavy (non-hydrogen) atoms. The summed E-state index contributed by atoms with van der Waals surface area (Å²) in [4.78, 5) is 0. The molecule has 4 nitrogen and oxygen atoms in total. The van der Waals surface area contributed by atoms with Crippen LogP contribution < -0.4 is 22.1 Å². The van der Waals surface area contributed by atoms with Gasteiger partial charge in [-0.25, -0.2) is 0 Å². The first kappa shape index (κ1) is 48.0. The predicted octanol–water partition coefficient (Wildman–Crippen LogP) is 12.4. The van der Waals surface area contributed by atoms with E-state index in [0.717, 1.165) is 26.2 Å². The van der Waals surface area contributed by atoms with Gasteiger partial charge in [0.15, 0.2) is 0 Å². The third-order valence-corrected chi connectivity index (χ3v) is 9.75. The first-order chi connectivity index (χ1) is 22.6. The fraction of sp³-hybridized carbons (Fsp3) is 1.00. The summed E-state index contributed by atoms with van der Waals surface area (Å²) < 4.78 is 0. The average Bonchev–Trinajstić information content (AvgIpc) is 3.07. The molecule has 2 unspecified atom stereocenters. The normalized spacial score (nSPS) is 12.7. The van der Waals surface area contributed by atoms with Gasteiger partial charge in [0.25, 0.3) is 0 Å². The molecular weight excluding hydrogens is 560 g/mol. The molecule has 4 heteroatoms. The number of nitrogens with one attached hydrogen (secondary N) is 2. The number of hydrogen-bond acceptors (Lipinski definition) is 4. The van der Waals surface area contributed by atoms with E-state index in [2.05, 4.69) is 38.3 Å². The summed E-state index contributed by atoms with van der Waals surface area (Å²) in [6, 6.07) is 0.956. The second-order valence-corrected chi connectivity index (χ2v) is 14.8. The molecule has 0 aliphatic rings. The van der Waals surface area contributed by atoms with Crippen molar-refractivity contribution >= 4 is 0 Å². The van der Waals surface area contributed by atoms with Crippen molar-refractivity contribution in [2.45, 2.75) is 245 Å². The van der Waals surface area contributed by atoms with Crippen LogP contribution >= 0.6 is 0 Å². The summed E-state index contributed by atoms with van der Waals surface area (Å²) >= 11 is 0. The zero-order chi connectivity index (χ0) is 34.0. The second-order valence-electron chi connectivity index (χ2n) is 14.8. The minimum Gasteiger partial charge on any atom is -0.329 e. The Morgan fingerprint density at radius 3 is 0.652 bits per heavy atom. The molecule has 2 atom stereocenters. The Bertz CT molecular complexity index is 456. The quantitative estimate of drug-likeness (QED) is 0.0501. The zero-order valence-electron chi connectivity index (χ0n) is 32.8. The van der Waals surface area contributed by atoms with E-state index < -0.39 is 0 Å². The van der Waals surface area contributed by atoms with Gasteiger partial charge >= 0.3 is 0 Å². The Labute approximate surface area is 292 Å². The molecule has 0 saturated heterocycles. The van der Waals surface area contributed by atoms with Crippen LogP contribution in [0.15, 0.2) is 0 Å². The van der Waals surface area contributed by atoms with Crippen LogP contribution in [0.25, 0.3) is 0 Å². The summed E-state index contributed by atoms with van der Waals surface area (Å²) in [6.45, 7) is 12.7. The summed E-state index contributed by atoms with van der Waals surface area (Å²) in [5.74, 6) is 0. The standard InChI is InChI=1S/2C21H46N2/c2*1-3-4-5-6-7-8-9-10-11-12-13-14-15-16-17-18-19-23-21(2)20-22/h2*21,23H,3-20,22H2,1-2H3. The van der Waals surface area contributed by atoms with Gasteiger partial charge in [-0.15, -0.1) is 0 Å². The van der Waals surface area contributed by atoms with Crippen LogP contribution in [0, 0.1) is 0 Å². The van der Waals surface area contributed by atoms with Gasteiger partial charge in [-0.1, -0.05) is 206 Å². The third kappa shape index (κ3) is 46.0. The molecule has 0 aromatic heterocycles. The van der Waals surface area contributed by atoms with Gasteiger partial charge in [0.1, 0.15) is 0 Å². The van der Waals surface area contributed by atoms with E-state index in [4.69, 9.17) is 11.5 Å². The summed E-state index contributed by atoms with van der Waals surface area (Å²) in [5.41, 5.74) is 11.2. The minimum absolute atomic E-state index is 0.478. The van der Waals surface area contributed by atoms with Gasteiger partial charge in [-0.3, -0.25) is 0 Å². The molecule has 0 aromatic rings. The molecule has 0 radical (unpaired) electrons. The highest BCUT2D eigenvalue weighted by Crippen LogP contribution is 2.15. The van der Waals surface area contributed by atoms with E-state index in [1.165, 1.54) is 205 Å². The number of rotatable bonds is 38. The van der Waals surface area contributed by atoms with E-state index in [9.17, 15) is 0 Å². The predicted molar refractivity (Wildman–Crippen MR) is 212 cm³/mol. The van der Waals surface area contributed by atoms with Crippen LogP contribution in [0.1, 0.15) is 233 Å². The van der Waals surface area contributed by atoms with Gasteiger partial charge < -0.3 is 22.1 Å². The molecule has 0 bridgehead atoms. The van der Waals surface area contributed by atoms with Crippen LogP contribution in [0.2, 0.25) is 0 Å². The molecule has 0 aromatic carbocycles. The Morgan fingerprint density at radius 2 is 0.478 bits per heavy atom. The molecule has 0 spiro atoms. The van der Waals surface area contributed by atoms with Crippen molar-refractivity contribution in [2.24, 2.45) is 11.5 Å². The van der Waals surface area contributed by atoms with Crippen LogP contribution in [0.4, 0.5) is 0 Å². The lowest BCUT2D eigenvalue weighted by Gasteiger charge is -2.10. The third-order valence-electron chi connectivity index (χ3n) is 9.75. The monoisotopic (exact) mass is 653 g/mol. The Kier molecular flexibility index (Phi) is 46.7. The van der Waals surface area contributed by atoms with Gasteiger partial charge in [0.2, 0.25) is 0 Å². The molecule has 280 valence electrons. The first-order valence-corrected chi connectivity index (χ1v) is 21.5. The highest BCUT2D eigenvalue weighted by Gasteiger charge is 1.99. The molecular formula is C42H92N4. The Morgan fingerprint density at radius 1 is 0.304 bits per heavy atom. The van der Waals surface area contributed by atoms with Crippen LogP contribution in [0.3, 0.4) is 0 Å². The van der Waals surface area contributed by atoms with Crippen LogP contribution in [-0.2, 0) is 0 Å². The van der Waals surface area contributed by atoms with E-state index >= 15 is 0 Å². The van der Waals surface area contributed by atoms with E-state index in [-0.39, 0.29) is 0 Å². The highest BCUT2D eigenvalue weighted by molar-refractivity contribution is 4.61. The highest BCUT2D eigenvalue weighted by atomic mass is 14.9. The maximum atomic E-state index is 5.58. The summed E-state index contributed by atoms with van der Waals surface area (Å²) in [6.07, 6.45) is 46.0. The van der Waals surface area contributed by atoms with Crippen molar-refractivity contribution in [1.29, 1.82) is 0 Å². The van der Waals surface area contributed by atoms with E-state index in [1.807, 2.05) is 0 Å². The molecule has 0 aliphatic carbocycles. The van der Waals surface area contributed by atoms with Crippen molar-refractivity contribution < 1.29 is 0 Å². The maximum Gasteiger partial charge on any atom is 0.0161 e.